The first-order valence-corrected chi connectivity index (χ1v) is 6.08. The number of ether oxygens (including phenoxy) is 2. The molecule has 0 fully saturated rings. The molecule has 3 nitrogen and oxygen atoms in total. The van der Waals surface area contributed by atoms with Gasteiger partial charge in [0, 0.05) is 11.6 Å². The maximum atomic E-state index is 5.66. The molecule has 0 unspecified atom stereocenters. The van der Waals surface area contributed by atoms with E-state index in [0.29, 0.717) is 0 Å². The minimum absolute atomic E-state index is 0.179. The van der Waals surface area contributed by atoms with Crippen LogP contribution in [0, 0.1) is 0 Å². The second-order valence-electron chi connectivity index (χ2n) is 4.05. The van der Waals surface area contributed by atoms with Crippen LogP contribution >= 0.6 is 0 Å². The summed E-state index contributed by atoms with van der Waals surface area (Å²) in [5, 5.41) is 0.988. The van der Waals surface area contributed by atoms with Crippen molar-refractivity contribution in [3.8, 4) is 11.5 Å². The molecule has 0 bridgehead atoms. The van der Waals surface area contributed by atoms with Gasteiger partial charge in [-0.25, -0.2) is 0 Å². The fourth-order valence-electron chi connectivity index (χ4n) is 1.88. The van der Waals surface area contributed by atoms with Crippen molar-refractivity contribution < 1.29 is 9.47 Å². The van der Waals surface area contributed by atoms with E-state index >= 15 is 0 Å². The zero-order valence-corrected chi connectivity index (χ0v) is 10.3. The number of benzene rings is 2. The van der Waals surface area contributed by atoms with E-state index in [2.05, 4.69) is 4.98 Å². The van der Waals surface area contributed by atoms with E-state index in [1.165, 1.54) is 0 Å². The van der Waals surface area contributed by atoms with E-state index in [9.17, 15) is 0 Å². The predicted molar refractivity (Wildman–Crippen MR) is 74.3 cm³/mol. The lowest BCUT2D eigenvalue weighted by Gasteiger charge is -2.10. The molecule has 3 rings (SSSR count). The lowest BCUT2D eigenvalue weighted by molar-refractivity contribution is 0.121. The van der Waals surface area contributed by atoms with Gasteiger partial charge in [0.1, 0.15) is 11.5 Å². The Morgan fingerprint density at radius 3 is 2.58 bits per heavy atom. The number of aromatic nitrogens is 1. The van der Waals surface area contributed by atoms with Crippen LogP contribution in [0.4, 0.5) is 0 Å². The van der Waals surface area contributed by atoms with Gasteiger partial charge in [0.2, 0.25) is 6.79 Å². The molecule has 0 aliphatic heterocycles. The summed E-state index contributed by atoms with van der Waals surface area (Å²) in [7, 11) is 0. The highest BCUT2D eigenvalue weighted by atomic mass is 16.7. The molecule has 2 aromatic carbocycles. The Hall–Kier alpha value is -2.55. The van der Waals surface area contributed by atoms with Crippen LogP contribution in [0.5, 0.6) is 11.5 Å². The molecule has 0 spiro atoms. The van der Waals surface area contributed by atoms with Crippen molar-refractivity contribution in [2.75, 3.05) is 6.79 Å². The van der Waals surface area contributed by atoms with Crippen LogP contribution in [-0.4, -0.2) is 11.8 Å². The van der Waals surface area contributed by atoms with Crippen LogP contribution in [0.15, 0.2) is 66.9 Å². The Morgan fingerprint density at radius 2 is 1.68 bits per heavy atom. The molecular weight excluding hydrogens is 238 g/mol. The molecule has 0 saturated carbocycles. The zero-order chi connectivity index (χ0) is 12.9. The highest BCUT2D eigenvalue weighted by molar-refractivity contribution is 5.84. The zero-order valence-electron chi connectivity index (χ0n) is 10.3. The van der Waals surface area contributed by atoms with Gasteiger partial charge in [-0.2, -0.15) is 0 Å². The van der Waals surface area contributed by atoms with Gasteiger partial charge in [-0.3, -0.25) is 4.98 Å². The van der Waals surface area contributed by atoms with Crippen LogP contribution < -0.4 is 9.47 Å². The first-order chi connectivity index (χ1) is 9.43. The average Bonchev–Trinajstić information content (AvgIpc) is 2.49. The molecule has 1 aromatic heterocycles. The van der Waals surface area contributed by atoms with Gasteiger partial charge < -0.3 is 9.47 Å². The van der Waals surface area contributed by atoms with E-state index in [4.69, 9.17) is 9.47 Å². The number of nitrogens with zero attached hydrogens (tertiary/aromatic N) is 1. The van der Waals surface area contributed by atoms with Gasteiger partial charge in [0.05, 0.1) is 5.52 Å². The summed E-state index contributed by atoms with van der Waals surface area (Å²) in [4.78, 5) is 4.29. The van der Waals surface area contributed by atoms with E-state index in [0.717, 1.165) is 22.4 Å². The van der Waals surface area contributed by atoms with Gasteiger partial charge in [0.15, 0.2) is 0 Å². The summed E-state index contributed by atoms with van der Waals surface area (Å²) < 4.78 is 11.2. The molecule has 3 aromatic rings. The molecule has 0 radical (unpaired) electrons. The molecular formula is C16H13NO2. The van der Waals surface area contributed by atoms with Crippen molar-refractivity contribution in [2.24, 2.45) is 0 Å². The third-order valence-corrected chi connectivity index (χ3v) is 2.79. The molecule has 0 atom stereocenters. The summed E-state index contributed by atoms with van der Waals surface area (Å²) in [5.41, 5.74) is 0.916. The first kappa shape index (κ1) is 11.5. The van der Waals surface area contributed by atoms with E-state index in [1.807, 2.05) is 60.7 Å². The van der Waals surface area contributed by atoms with E-state index in [1.54, 1.807) is 6.20 Å². The number of para-hydroxylation sites is 1. The fraction of sp³-hybridized carbons (Fsp3) is 0.0625. The van der Waals surface area contributed by atoms with E-state index in [-0.39, 0.29) is 6.79 Å². The van der Waals surface area contributed by atoms with Gasteiger partial charge in [-0.05, 0) is 36.4 Å². The normalized spacial score (nSPS) is 10.3. The maximum absolute atomic E-state index is 5.66. The first-order valence-electron chi connectivity index (χ1n) is 6.08. The molecule has 0 N–H and O–H groups in total. The molecule has 0 aliphatic rings. The third-order valence-electron chi connectivity index (χ3n) is 2.79. The van der Waals surface area contributed by atoms with Crippen molar-refractivity contribution in [3.05, 3.63) is 66.9 Å². The third kappa shape index (κ3) is 2.65. The molecule has 3 heteroatoms. The molecule has 1 heterocycles. The maximum Gasteiger partial charge on any atom is 0.230 e. The average molecular weight is 251 g/mol. The molecule has 94 valence electrons. The monoisotopic (exact) mass is 251 g/mol. The Kier molecular flexibility index (Phi) is 3.28. The van der Waals surface area contributed by atoms with E-state index < -0.39 is 0 Å². The Balaban J connectivity index is 1.72. The lowest BCUT2D eigenvalue weighted by Crippen LogP contribution is -2.05. The van der Waals surface area contributed by atoms with Crippen LogP contribution in [0.25, 0.3) is 10.9 Å². The smallest absolute Gasteiger partial charge is 0.230 e. The topological polar surface area (TPSA) is 31.4 Å². The fourth-order valence-corrected chi connectivity index (χ4v) is 1.88. The predicted octanol–water partition coefficient (Wildman–Crippen LogP) is 3.65. The highest BCUT2D eigenvalue weighted by Gasteiger charge is 2.02. The summed E-state index contributed by atoms with van der Waals surface area (Å²) in [6, 6.07) is 19.3. The number of hydrogen-bond acceptors (Lipinski definition) is 3. The summed E-state index contributed by atoms with van der Waals surface area (Å²) in [6.45, 7) is 0.179. The van der Waals surface area contributed by atoms with Crippen molar-refractivity contribution in [1.82, 2.24) is 4.98 Å². The van der Waals surface area contributed by atoms with Gasteiger partial charge >= 0.3 is 0 Å². The standard InChI is InChI=1S/C16H13NO2/c1-2-6-13(7-3-1)18-12-19-16-10-4-9-15-14(16)8-5-11-17-15/h1-11H,12H2. The van der Waals surface area contributed by atoms with Gasteiger partial charge in [0.25, 0.3) is 0 Å². The molecule has 0 aliphatic carbocycles. The molecule has 0 saturated heterocycles. The minimum atomic E-state index is 0.179. The van der Waals surface area contributed by atoms with Crippen molar-refractivity contribution >= 4 is 10.9 Å². The molecule has 19 heavy (non-hydrogen) atoms. The van der Waals surface area contributed by atoms with Crippen molar-refractivity contribution in [2.45, 2.75) is 0 Å². The number of rotatable bonds is 4. The number of hydrogen-bond donors (Lipinski definition) is 0. The number of fused-ring (bicyclic) bond motifs is 1. The highest BCUT2D eigenvalue weighted by Crippen LogP contribution is 2.23. The lowest BCUT2D eigenvalue weighted by atomic mass is 10.2. The van der Waals surface area contributed by atoms with Crippen LogP contribution in [0.2, 0.25) is 0 Å². The Bertz CT molecular complexity index is 662. The largest absolute Gasteiger partial charge is 0.458 e. The van der Waals surface area contributed by atoms with Gasteiger partial charge in [-0.15, -0.1) is 0 Å². The summed E-state index contributed by atoms with van der Waals surface area (Å²) in [5.74, 6) is 1.57. The Labute approximate surface area is 111 Å². The summed E-state index contributed by atoms with van der Waals surface area (Å²) >= 11 is 0. The van der Waals surface area contributed by atoms with Crippen LogP contribution in [-0.2, 0) is 0 Å². The van der Waals surface area contributed by atoms with Crippen LogP contribution in [0.3, 0.4) is 0 Å². The second kappa shape index (κ2) is 5.40. The van der Waals surface area contributed by atoms with Gasteiger partial charge in [-0.1, -0.05) is 24.3 Å². The van der Waals surface area contributed by atoms with Crippen LogP contribution in [0.1, 0.15) is 0 Å². The SMILES string of the molecule is c1ccc(OCOc2cccc3ncccc23)cc1. The number of pyridine rings is 1. The second-order valence-corrected chi connectivity index (χ2v) is 4.05. The molecule has 0 amide bonds. The minimum Gasteiger partial charge on any atom is -0.458 e. The van der Waals surface area contributed by atoms with Crippen molar-refractivity contribution in [1.29, 1.82) is 0 Å². The van der Waals surface area contributed by atoms with Crippen molar-refractivity contribution in [3.63, 3.8) is 0 Å². The quantitative estimate of drug-likeness (QED) is 0.663. The summed E-state index contributed by atoms with van der Waals surface area (Å²) in [6.07, 6.45) is 1.77. The Morgan fingerprint density at radius 1 is 0.789 bits per heavy atom.